The van der Waals surface area contributed by atoms with Gasteiger partial charge >= 0.3 is 5.97 Å². The number of amides is 1. The number of para-hydroxylation sites is 1. The van der Waals surface area contributed by atoms with Crippen LogP contribution in [0.15, 0.2) is 42.7 Å². The molecule has 2 heterocycles. The summed E-state index contributed by atoms with van der Waals surface area (Å²) in [5.74, 6) is -0.761. The number of anilines is 1. The first-order valence-electron chi connectivity index (χ1n) is 8.23. The Kier molecular flexibility index (Phi) is 4.89. The summed E-state index contributed by atoms with van der Waals surface area (Å²) in [6.07, 6.45) is 6.90. The summed E-state index contributed by atoms with van der Waals surface area (Å²) in [5.41, 5.74) is 3.55. The highest BCUT2D eigenvalue weighted by Crippen LogP contribution is 2.38. The van der Waals surface area contributed by atoms with Crippen LogP contribution in [0.1, 0.15) is 59.5 Å². The van der Waals surface area contributed by atoms with E-state index in [9.17, 15) is 9.59 Å². The van der Waals surface area contributed by atoms with Gasteiger partial charge in [-0.3, -0.25) is 14.6 Å². The van der Waals surface area contributed by atoms with Gasteiger partial charge in [-0.05, 0) is 36.1 Å². The number of nitrogens with zero attached hydrogens (tertiary/aromatic N) is 1. The minimum absolute atomic E-state index is 0.114. The number of aromatic nitrogens is 1. The van der Waals surface area contributed by atoms with Crippen molar-refractivity contribution in [1.82, 2.24) is 4.98 Å². The smallest absolute Gasteiger partial charge is 0.303 e. The first-order chi connectivity index (χ1) is 11.7. The van der Waals surface area contributed by atoms with Gasteiger partial charge < -0.3 is 10.4 Å². The number of hydrogen-bond acceptors (Lipinski definition) is 3. The fraction of sp³-hybridized carbons (Fsp3) is 0.316. The van der Waals surface area contributed by atoms with E-state index in [2.05, 4.69) is 10.3 Å². The Morgan fingerprint density at radius 1 is 1.12 bits per heavy atom. The molecular weight excluding hydrogens is 304 g/mol. The Morgan fingerprint density at radius 3 is 2.79 bits per heavy atom. The van der Waals surface area contributed by atoms with Gasteiger partial charge in [0.1, 0.15) is 0 Å². The topological polar surface area (TPSA) is 79.3 Å². The molecule has 0 saturated heterocycles. The Hall–Kier alpha value is -2.69. The number of carbonyl (C=O) groups excluding carboxylic acids is 1. The average molecular weight is 324 g/mol. The molecule has 1 aromatic carbocycles. The van der Waals surface area contributed by atoms with Crippen molar-refractivity contribution in [3.05, 3.63) is 59.4 Å². The van der Waals surface area contributed by atoms with Crippen LogP contribution in [0.25, 0.3) is 0 Å². The summed E-state index contributed by atoms with van der Waals surface area (Å²) in [7, 11) is 0. The third-order valence-corrected chi connectivity index (χ3v) is 4.44. The standard InChI is InChI=1S/C19H20N2O3/c22-18(23)9-3-1-2-6-13-14-10-11-20-12-16(14)19(24)21-17-8-5-4-7-15(13)17/h4-5,7-8,10-13H,1-3,6,9H2,(H,21,24)(H,22,23). The van der Waals surface area contributed by atoms with E-state index >= 15 is 0 Å². The first-order valence-corrected chi connectivity index (χ1v) is 8.23. The monoisotopic (exact) mass is 324 g/mol. The Bertz CT molecular complexity index is 758. The number of carbonyl (C=O) groups is 2. The molecule has 0 fully saturated rings. The molecule has 3 rings (SSSR count). The fourth-order valence-electron chi connectivity index (χ4n) is 3.28. The summed E-state index contributed by atoms with van der Waals surface area (Å²) < 4.78 is 0. The van der Waals surface area contributed by atoms with E-state index in [0.717, 1.165) is 36.1 Å². The molecule has 5 heteroatoms. The lowest BCUT2D eigenvalue weighted by atomic mass is 9.85. The molecule has 0 aliphatic carbocycles. The number of nitrogens with one attached hydrogen (secondary N) is 1. The van der Waals surface area contributed by atoms with Crippen LogP contribution in [-0.2, 0) is 4.79 Å². The lowest BCUT2D eigenvalue weighted by Gasteiger charge is -2.19. The lowest BCUT2D eigenvalue weighted by molar-refractivity contribution is -0.137. The molecule has 1 atom stereocenters. The van der Waals surface area contributed by atoms with E-state index in [0.29, 0.717) is 12.0 Å². The second kappa shape index (κ2) is 7.25. The first kappa shape index (κ1) is 16.2. The SMILES string of the molecule is O=C(O)CCCCCC1c2ccccc2NC(=O)c2cnccc21. The zero-order valence-corrected chi connectivity index (χ0v) is 13.4. The molecule has 0 saturated carbocycles. The molecule has 1 amide bonds. The molecule has 0 bridgehead atoms. The number of pyridine rings is 1. The largest absolute Gasteiger partial charge is 0.481 e. The van der Waals surface area contributed by atoms with Crippen LogP contribution in [0.2, 0.25) is 0 Å². The molecule has 1 unspecified atom stereocenters. The van der Waals surface area contributed by atoms with Gasteiger partial charge in [0.2, 0.25) is 0 Å². The van der Waals surface area contributed by atoms with Gasteiger partial charge in [-0.1, -0.05) is 31.0 Å². The Labute approximate surface area is 140 Å². The van der Waals surface area contributed by atoms with Crippen LogP contribution in [0, 0.1) is 0 Å². The molecule has 1 aromatic heterocycles. The van der Waals surface area contributed by atoms with Crippen molar-refractivity contribution < 1.29 is 14.7 Å². The third-order valence-electron chi connectivity index (χ3n) is 4.44. The van der Waals surface area contributed by atoms with Crippen molar-refractivity contribution in [2.24, 2.45) is 0 Å². The normalized spacial score (nSPS) is 15.8. The van der Waals surface area contributed by atoms with Gasteiger partial charge in [0.05, 0.1) is 5.56 Å². The number of carboxylic acids is 1. The highest BCUT2D eigenvalue weighted by Gasteiger charge is 2.26. The molecule has 5 nitrogen and oxygen atoms in total. The maximum absolute atomic E-state index is 12.4. The number of unbranched alkanes of at least 4 members (excludes halogenated alkanes) is 2. The Morgan fingerprint density at radius 2 is 1.96 bits per heavy atom. The summed E-state index contributed by atoms with van der Waals surface area (Å²) in [6.45, 7) is 0. The number of hydrogen-bond donors (Lipinski definition) is 2. The molecule has 124 valence electrons. The lowest BCUT2D eigenvalue weighted by Crippen LogP contribution is -2.12. The number of fused-ring (bicyclic) bond motifs is 2. The zero-order chi connectivity index (χ0) is 16.9. The second-order valence-electron chi connectivity index (χ2n) is 6.05. The van der Waals surface area contributed by atoms with Crippen LogP contribution in [-0.4, -0.2) is 22.0 Å². The van der Waals surface area contributed by atoms with E-state index in [1.165, 1.54) is 0 Å². The second-order valence-corrected chi connectivity index (χ2v) is 6.05. The molecule has 1 aliphatic heterocycles. The summed E-state index contributed by atoms with van der Waals surface area (Å²) >= 11 is 0. The molecular formula is C19H20N2O3. The molecule has 2 N–H and O–H groups in total. The van der Waals surface area contributed by atoms with Gasteiger partial charge in [0.25, 0.3) is 5.91 Å². The van der Waals surface area contributed by atoms with Crippen molar-refractivity contribution >= 4 is 17.6 Å². The minimum atomic E-state index is -0.749. The minimum Gasteiger partial charge on any atom is -0.481 e. The van der Waals surface area contributed by atoms with Gasteiger partial charge in [0, 0.05) is 30.4 Å². The van der Waals surface area contributed by atoms with E-state index in [1.54, 1.807) is 12.4 Å². The van der Waals surface area contributed by atoms with Crippen LogP contribution in [0.4, 0.5) is 5.69 Å². The van der Waals surface area contributed by atoms with Crippen molar-refractivity contribution in [2.45, 2.75) is 38.0 Å². The van der Waals surface area contributed by atoms with Crippen LogP contribution in [0.3, 0.4) is 0 Å². The Balaban J connectivity index is 1.85. The highest BCUT2D eigenvalue weighted by molar-refractivity contribution is 6.06. The van der Waals surface area contributed by atoms with Crippen molar-refractivity contribution in [3.8, 4) is 0 Å². The number of benzene rings is 1. The zero-order valence-electron chi connectivity index (χ0n) is 13.4. The molecule has 2 aromatic rings. The van der Waals surface area contributed by atoms with Crippen molar-refractivity contribution in [3.63, 3.8) is 0 Å². The summed E-state index contributed by atoms with van der Waals surface area (Å²) in [6, 6.07) is 9.78. The van der Waals surface area contributed by atoms with Crippen molar-refractivity contribution in [2.75, 3.05) is 5.32 Å². The van der Waals surface area contributed by atoms with Crippen LogP contribution in [0.5, 0.6) is 0 Å². The third kappa shape index (κ3) is 3.45. The summed E-state index contributed by atoms with van der Waals surface area (Å²) in [4.78, 5) is 27.2. The number of aliphatic carboxylic acids is 1. The van der Waals surface area contributed by atoms with Gasteiger partial charge in [-0.15, -0.1) is 0 Å². The van der Waals surface area contributed by atoms with Gasteiger partial charge in [-0.2, -0.15) is 0 Å². The quantitative estimate of drug-likeness (QED) is 0.792. The molecule has 0 spiro atoms. The predicted molar refractivity (Wildman–Crippen MR) is 91.2 cm³/mol. The maximum Gasteiger partial charge on any atom is 0.303 e. The number of carboxylic acid groups (broad SMARTS) is 1. The average Bonchev–Trinajstić information content (AvgIpc) is 2.70. The number of rotatable bonds is 6. The fourth-order valence-corrected chi connectivity index (χ4v) is 3.28. The van der Waals surface area contributed by atoms with Crippen LogP contribution < -0.4 is 5.32 Å². The molecule has 24 heavy (non-hydrogen) atoms. The molecule has 0 radical (unpaired) electrons. The molecule has 1 aliphatic rings. The predicted octanol–water partition coefficient (Wildman–Crippen LogP) is 3.81. The van der Waals surface area contributed by atoms with Gasteiger partial charge in [0.15, 0.2) is 0 Å². The van der Waals surface area contributed by atoms with E-state index in [4.69, 9.17) is 5.11 Å². The highest BCUT2D eigenvalue weighted by atomic mass is 16.4. The van der Waals surface area contributed by atoms with Crippen molar-refractivity contribution in [1.29, 1.82) is 0 Å². The maximum atomic E-state index is 12.4. The van der Waals surface area contributed by atoms with Crippen LogP contribution >= 0.6 is 0 Å². The summed E-state index contributed by atoms with van der Waals surface area (Å²) in [5, 5.41) is 11.7. The van der Waals surface area contributed by atoms with E-state index < -0.39 is 5.97 Å². The van der Waals surface area contributed by atoms with Gasteiger partial charge in [-0.25, -0.2) is 0 Å². The van der Waals surface area contributed by atoms with E-state index in [-0.39, 0.29) is 18.2 Å². The van der Waals surface area contributed by atoms with E-state index in [1.807, 2.05) is 30.3 Å².